The SMILES string of the molecule is CCn1nccc1C(CC(C)(C)OC)NC. The van der Waals surface area contributed by atoms with E-state index < -0.39 is 0 Å². The Labute approximate surface area is 98.0 Å². The van der Waals surface area contributed by atoms with E-state index in [9.17, 15) is 0 Å². The van der Waals surface area contributed by atoms with Gasteiger partial charge < -0.3 is 10.1 Å². The summed E-state index contributed by atoms with van der Waals surface area (Å²) in [5.41, 5.74) is 1.09. The van der Waals surface area contributed by atoms with E-state index in [0.29, 0.717) is 0 Å². The molecule has 0 spiro atoms. The van der Waals surface area contributed by atoms with Gasteiger partial charge in [0.15, 0.2) is 0 Å². The van der Waals surface area contributed by atoms with Crippen molar-refractivity contribution in [3.05, 3.63) is 18.0 Å². The van der Waals surface area contributed by atoms with E-state index in [4.69, 9.17) is 4.74 Å². The van der Waals surface area contributed by atoms with Crippen LogP contribution in [0, 0.1) is 0 Å². The highest BCUT2D eigenvalue weighted by Gasteiger charge is 2.24. The first-order chi connectivity index (χ1) is 7.54. The van der Waals surface area contributed by atoms with E-state index in [2.05, 4.69) is 37.3 Å². The highest BCUT2D eigenvalue weighted by atomic mass is 16.5. The van der Waals surface area contributed by atoms with Crippen LogP contribution < -0.4 is 5.32 Å². The zero-order valence-corrected chi connectivity index (χ0v) is 10.9. The summed E-state index contributed by atoms with van der Waals surface area (Å²) >= 11 is 0. The summed E-state index contributed by atoms with van der Waals surface area (Å²) in [6.45, 7) is 7.20. The van der Waals surface area contributed by atoms with Crippen molar-refractivity contribution in [2.24, 2.45) is 0 Å². The van der Waals surface area contributed by atoms with Crippen molar-refractivity contribution >= 4 is 0 Å². The van der Waals surface area contributed by atoms with Gasteiger partial charge in [0, 0.05) is 19.9 Å². The smallest absolute Gasteiger partial charge is 0.0641 e. The van der Waals surface area contributed by atoms with Crippen LogP contribution in [0.2, 0.25) is 0 Å². The van der Waals surface area contributed by atoms with Crippen LogP contribution in [0.25, 0.3) is 0 Å². The Kier molecular flexibility index (Phi) is 4.50. The number of aromatic nitrogens is 2. The van der Waals surface area contributed by atoms with E-state index >= 15 is 0 Å². The lowest BCUT2D eigenvalue weighted by Crippen LogP contribution is -2.31. The number of rotatable bonds is 6. The molecule has 0 bridgehead atoms. The van der Waals surface area contributed by atoms with Gasteiger partial charge in [0.1, 0.15) is 0 Å². The van der Waals surface area contributed by atoms with Crippen LogP contribution in [0.1, 0.15) is 38.9 Å². The van der Waals surface area contributed by atoms with Crippen molar-refractivity contribution in [2.75, 3.05) is 14.2 Å². The summed E-state index contributed by atoms with van der Waals surface area (Å²) in [5, 5.41) is 7.62. The fourth-order valence-corrected chi connectivity index (χ4v) is 1.83. The first-order valence-corrected chi connectivity index (χ1v) is 5.78. The van der Waals surface area contributed by atoms with E-state index in [1.54, 1.807) is 7.11 Å². The highest BCUT2D eigenvalue weighted by Crippen LogP contribution is 2.25. The van der Waals surface area contributed by atoms with Crippen molar-refractivity contribution in [3.63, 3.8) is 0 Å². The molecular formula is C12H23N3O. The van der Waals surface area contributed by atoms with Gasteiger partial charge in [-0.25, -0.2) is 0 Å². The van der Waals surface area contributed by atoms with Crippen LogP contribution in [0.15, 0.2) is 12.3 Å². The highest BCUT2D eigenvalue weighted by molar-refractivity contribution is 5.08. The Hall–Kier alpha value is -0.870. The standard InChI is InChI=1S/C12H23N3O/c1-6-15-11(7-8-14-15)10(13-4)9-12(2,3)16-5/h7-8,10,13H,6,9H2,1-5H3. The van der Waals surface area contributed by atoms with Gasteiger partial charge in [-0.15, -0.1) is 0 Å². The maximum absolute atomic E-state index is 5.47. The summed E-state index contributed by atoms with van der Waals surface area (Å²) in [5.74, 6) is 0. The van der Waals surface area contributed by atoms with Gasteiger partial charge in [0.05, 0.1) is 17.3 Å². The van der Waals surface area contributed by atoms with E-state index in [1.165, 1.54) is 5.69 Å². The van der Waals surface area contributed by atoms with Crippen LogP contribution in [0.4, 0.5) is 0 Å². The van der Waals surface area contributed by atoms with Gasteiger partial charge in [0.25, 0.3) is 0 Å². The maximum Gasteiger partial charge on any atom is 0.0641 e. The molecule has 0 radical (unpaired) electrons. The number of hydrogen-bond donors (Lipinski definition) is 1. The van der Waals surface area contributed by atoms with Crippen molar-refractivity contribution in [2.45, 2.75) is 45.4 Å². The minimum atomic E-state index is -0.128. The first-order valence-electron chi connectivity index (χ1n) is 5.78. The number of hydrogen-bond acceptors (Lipinski definition) is 3. The zero-order chi connectivity index (χ0) is 12.2. The number of nitrogens with zero attached hydrogens (tertiary/aromatic N) is 2. The predicted molar refractivity (Wildman–Crippen MR) is 65.4 cm³/mol. The van der Waals surface area contributed by atoms with Gasteiger partial charge in [0.2, 0.25) is 0 Å². The van der Waals surface area contributed by atoms with Gasteiger partial charge >= 0.3 is 0 Å². The average Bonchev–Trinajstić information content (AvgIpc) is 2.74. The lowest BCUT2D eigenvalue weighted by molar-refractivity contribution is 0.00676. The minimum absolute atomic E-state index is 0.128. The third-order valence-corrected chi connectivity index (χ3v) is 3.00. The second kappa shape index (κ2) is 5.46. The van der Waals surface area contributed by atoms with E-state index in [0.717, 1.165) is 13.0 Å². The molecule has 0 aliphatic carbocycles. The maximum atomic E-state index is 5.47. The van der Waals surface area contributed by atoms with Crippen molar-refractivity contribution in [3.8, 4) is 0 Å². The quantitative estimate of drug-likeness (QED) is 0.804. The Morgan fingerprint density at radius 2 is 2.25 bits per heavy atom. The lowest BCUT2D eigenvalue weighted by Gasteiger charge is -2.28. The lowest BCUT2D eigenvalue weighted by atomic mass is 9.97. The van der Waals surface area contributed by atoms with Gasteiger partial charge in [-0.05, 0) is 40.3 Å². The molecule has 4 nitrogen and oxygen atoms in total. The third-order valence-electron chi connectivity index (χ3n) is 3.00. The predicted octanol–water partition coefficient (Wildman–Crippen LogP) is 1.98. The molecule has 0 saturated heterocycles. The molecule has 4 heteroatoms. The zero-order valence-electron chi connectivity index (χ0n) is 10.9. The fraction of sp³-hybridized carbons (Fsp3) is 0.750. The normalized spacial score (nSPS) is 14.1. The summed E-state index contributed by atoms with van der Waals surface area (Å²) in [4.78, 5) is 0. The number of aryl methyl sites for hydroxylation is 1. The molecule has 0 aliphatic rings. The third kappa shape index (κ3) is 3.06. The molecule has 1 rings (SSSR count). The topological polar surface area (TPSA) is 39.1 Å². The minimum Gasteiger partial charge on any atom is -0.379 e. The van der Waals surface area contributed by atoms with Gasteiger partial charge in [-0.2, -0.15) is 5.10 Å². The van der Waals surface area contributed by atoms with Crippen molar-refractivity contribution < 1.29 is 4.74 Å². The molecule has 1 unspecified atom stereocenters. The molecule has 0 aromatic carbocycles. The van der Waals surface area contributed by atoms with E-state index in [-0.39, 0.29) is 11.6 Å². The number of methoxy groups -OCH3 is 1. The summed E-state index contributed by atoms with van der Waals surface area (Å²) < 4.78 is 7.49. The van der Waals surface area contributed by atoms with Crippen LogP contribution in [-0.2, 0) is 11.3 Å². The second-order valence-electron chi connectivity index (χ2n) is 4.58. The van der Waals surface area contributed by atoms with Crippen LogP contribution in [-0.4, -0.2) is 29.5 Å². The fourth-order valence-electron chi connectivity index (χ4n) is 1.83. The molecule has 16 heavy (non-hydrogen) atoms. The van der Waals surface area contributed by atoms with Crippen LogP contribution in [0.5, 0.6) is 0 Å². The number of nitrogens with one attached hydrogen (secondary N) is 1. The van der Waals surface area contributed by atoms with E-state index in [1.807, 2.05) is 17.9 Å². The molecule has 1 aromatic rings. The Balaban J connectivity index is 2.82. The second-order valence-corrected chi connectivity index (χ2v) is 4.58. The molecule has 92 valence electrons. The molecule has 0 saturated carbocycles. The average molecular weight is 225 g/mol. The van der Waals surface area contributed by atoms with Crippen LogP contribution in [0.3, 0.4) is 0 Å². The first kappa shape index (κ1) is 13.2. The Morgan fingerprint density at radius 3 is 2.75 bits per heavy atom. The van der Waals surface area contributed by atoms with Crippen molar-refractivity contribution in [1.82, 2.24) is 15.1 Å². The molecule has 0 fully saturated rings. The Bertz CT molecular complexity index is 320. The molecule has 1 heterocycles. The molecular weight excluding hydrogens is 202 g/mol. The van der Waals surface area contributed by atoms with Crippen LogP contribution >= 0.6 is 0 Å². The Morgan fingerprint density at radius 1 is 1.56 bits per heavy atom. The largest absolute Gasteiger partial charge is 0.379 e. The molecule has 0 amide bonds. The van der Waals surface area contributed by atoms with Gasteiger partial charge in [-0.1, -0.05) is 0 Å². The number of ether oxygens (including phenoxy) is 1. The van der Waals surface area contributed by atoms with Crippen molar-refractivity contribution in [1.29, 1.82) is 0 Å². The summed E-state index contributed by atoms with van der Waals surface area (Å²) in [7, 11) is 3.73. The summed E-state index contributed by atoms with van der Waals surface area (Å²) in [6.07, 6.45) is 2.77. The van der Waals surface area contributed by atoms with Gasteiger partial charge in [-0.3, -0.25) is 4.68 Å². The monoisotopic (exact) mass is 225 g/mol. The molecule has 0 aliphatic heterocycles. The summed E-state index contributed by atoms with van der Waals surface area (Å²) in [6, 6.07) is 2.34. The molecule has 1 aromatic heterocycles. The molecule has 1 atom stereocenters. The molecule has 1 N–H and O–H groups in total.